The third kappa shape index (κ3) is 5.65. The second kappa shape index (κ2) is 9.83. The lowest BCUT2D eigenvalue weighted by atomic mass is 9.96. The number of halogens is 3. The van der Waals surface area contributed by atoms with Gasteiger partial charge in [-0.2, -0.15) is 0 Å². The van der Waals surface area contributed by atoms with E-state index in [1.54, 1.807) is 42.5 Å². The number of fused-ring (bicyclic) bond motifs is 1. The van der Waals surface area contributed by atoms with Gasteiger partial charge < -0.3 is 10.3 Å². The second-order valence-corrected chi connectivity index (χ2v) is 9.87. The molecule has 4 rings (SSSR count). The molecular formula is C25H22F3N3O3S. The SMILES string of the molecule is CS(=O)(=O)Nc1ccc2cc(C(=O)Nc3cc(CF)cc(-c4ccc(CF)cc4CF)c3)[nH]c2c1. The van der Waals surface area contributed by atoms with Crippen molar-refractivity contribution in [3.63, 3.8) is 0 Å². The molecule has 0 saturated carbocycles. The minimum absolute atomic E-state index is 0.209. The maximum Gasteiger partial charge on any atom is 0.272 e. The predicted octanol–water partition coefficient (Wildman–Crippen LogP) is 5.87. The van der Waals surface area contributed by atoms with Crippen LogP contribution < -0.4 is 10.0 Å². The molecule has 0 aliphatic carbocycles. The van der Waals surface area contributed by atoms with Gasteiger partial charge >= 0.3 is 0 Å². The van der Waals surface area contributed by atoms with Gasteiger partial charge in [-0.3, -0.25) is 9.52 Å². The number of amides is 1. The van der Waals surface area contributed by atoms with Crippen LogP contribution in [0.1, 0.15) is 27.2 Å². The number of rotatable bonds is 8. The highest BCUT2D eigenvalue weighted by Crippen LogP contribution is 2.30. The molecule has 4 aromatic rings. The lowest BCUT2D eigenvalue weighted by molar-refractivity contribution is 0.102. The Hall–Kier alpha value is -3.79. The number of benzene rings is 3. The monoisotopic (exact) mass is 501 g/mol. The number of aromatic nitrogens is 1. The predicted molar refractivity (Wildman–Crippen MR) is 131 cm³/mol. The summed E-state index contributed by atoms with van der Waals surface area (Å²) in [5, 5.41) is 3.40. The zero-order valence-electron chi connectivity index (χ0n) is 18.7. The zero-order valence-corrected chi connectivity index (χ0v) is 19.5. The first-order chi connectivity index (χ1) is 16.7. The number of anilines is 2. The molecule has 0 bridgehead atoms. The molecule has 6 nitrogen and oxygen atoms in total. The standard InChI is InChI=1S/C25H22F3N3O3S/c1-35(33,34)31-20-4-3-17-10-24(30-23(17)11-20)25(32)29-21-8-16(13-27)7-18(9-21)22-5-2-15(12-26)6-19(22)14-28/h2-11,30-31H,12-14H2,1H3,(H,29,32). The van der Waals surface area contributed by atoms with Crippen LogP contribution in [0.5, 0.6) is 0 Å². The molecule has 1 aromatic heterocycles. The van der Waals surface area contributed by atoms with Gasteiger partial charge in [0.25, 0.3) is 5.91 Å². The second-order valence-electron chi connectivity index (χ2n) is 8.12. The van der Waals surface area contributed by atoms with Crippen molar-refractivity contribution in [2.75, 3.05) is 16.3 Å². The van der Waals surface area contributed by atoms with Crippen LogP contribution in [0, 0.1) is 0 Å². The molecule has 0 radical (unpaired) electrons. The lowest BCUT2D eigenvalue weighted by Gasteiger charge is -2.13. The van der Waals surface area contributed by atoms with E-state index >= 15 is 0 Å². The van der Waals surface area contributed by atoms with E-state index in [1.165, 1.54) is 18.2 Å². The molecular weight excluding hydrogens is 479 g/mol. The van der Waals surface area contributed by atoms with Gasteiger partial charge in [0.15, 0.2) is 0 Å². The van der Waals surface area contributed by atoms with E-state index in [9.17, 15) is 26.4 Å². The zero-order chi connectivity index (χ0) is 25.2. The summed E-state index contributed by atoms with van der Waals surface area (Å²) >= 11 is 0. The number of aromatic amines is 1. The van der Waals surface area contributed by atoms with Gasteiger partial charge in [0.2, 0.25) is 10.0 Å². The van der Waals surface area contributed by atoms with Crippen molar-refractivity contribution in [3.8, 4) is 11.1 Å². The average molecular weight is 502 g/mol. The van der Waals surface area contributed by atoms with E-state index in [-0.39, 0.29) is 16.8 Å². The van der Waals surface area contributed by atoms with E-state index in [4.69, 9.17) is 0 Å². The Balaban J connectivity index is 1.64. The van der Waals surface area contributed by atoms with Crippen molar-refractivity contribution in [2.24, 2.45) is 0 Å². The number of hydrogen-bond donors (Lipinski definition) is 3. The van der Waals surface area contributed by atoms with Crippen molar-refractivity contribution >= 4 is 38.2 Å². The quantitative estimate of drug-likeness (QED) is 0.282. The largest absolute Gasteiger partial charge is 0.350 e. The summed E-state index contributed by atoms with van der Waals surface area (Å²) in [6.45, 7) is -2.35. The third-order valence-electron chi connectivity index (χ3n) is 5.35. The molecule has 3 N–H and O–H groups in total. The molecule has 0 unspecified atom stereocenters. The normalized spacial score (nSPS) is 11.5. The average Bonchev–Trinajstić information content (AvgIpc) is 3.26. The van der Waals surface area contributed by atoms with Gasteiger partial charge in [-0.05, 0) is 70.3 Å². The topological polar surface area (TPSA) is 91.1 Å². The molecule has 35 heavy (non-hydrogen) atoms. The molecule has 0 fully saturated rings. The van der Waals surface area contributed by atoms with E-state index in [0.717, 1.165) is 6.26 Å². The number of carbonyl (C=O) groups is 1. The van der Waals surface area contributed by atoms with Crippen LogP contribution in [0.2, 0.25) is 0 Å². The first-order valence-electron chi connectivity index (χ1n) is 10.5. The molecule has 10 heteroatoms. The van der Waals surface area contributed by atoms with Crippen LogP contribution in [0.4, 0.5) is 24.5 Å². The van der Waals surface area contributed by atoms with Crippen LogP contribution in [-0.2, 0) is 30.0 Å². The number of sulfonamides is 1. The van der Waals surface area contributed by atoms with Crippen molar-refractivity contribution in [1.82, 2.24) is 4.98 Å². The van der Waals surface area contributed by atoms with Gasteiger partial charge in [-0.25, -0.2) is 21.6 Å². The van der Waals surface area contributed by atoms with Gasteiger partial charge in [0.1, 0.15) is 25.7 Å². The fourth-order valence-electron chi connectivity index (χ4n) is 3.84. The summed E-state index contributed by atoms with van der Waals surface area (Å²) in [6, 6.07) is 15.6. The van der Waals surface area contributed by atoms with Gasteiger partial charge in [0, 0.05) is 16.6 Å². The highest BCUT2D eigenvalue weighted by atomic mass is 32.2. The van der Waals surface area contributed by atoms with Gasteiger partial charge in [-0.1, -0.05) is 18.2 Å². The number of hydrogen-bond acceptors (Lipinski definition) is 3. The van der Waals surface area contributed by atoms with E-state index < -0.39 is 36.0 Å². The van der Waals surface area contributed by atoms with E-state index in [0.29, 0.717) is 39.0 Å². The Morgan fingerprint density at radius 2 is 1.63 bits per heavy atom. The van der Waals surface area contributed by atoms with Crippen molar-refractivity contribution in [3.05, 3.63) is 83.0 Å². The van der Waals surface area contributed by atoms with Crippen LogP contribution >= 0.6 is 0 Å². The van der Waals surface area contributed by atoms with Crippen molar-refractivity contribution in [2.45, 2.75) is 20.0 Å². The Labute approximate surface area is 200 Å². The maximum absolute atomic E-state index is 13.6. The number of carbonyl (C=O) groups excluding carboxylic acids is 1. The van der Waals surface area contributed by atoms with Crippen molar-refractivity contribution < 1.29 is 26.4 Å². The summed E-state index contributed by atoms with van der Waals surface area (Å²) in [7, 11) is -3.45. The van der Waals surface area contributed by atoms with E-state index in [2.05, 4.69) is 15.0 Å². The fraction of sp³-hybridized carbons (Fsp3) is 0.160. The summed E-state index contributed by atoms with van der Waals surface area (Å²) < 4.78 is 65.5. The summed E-state index contributed by atoms with van der Waals surface area (Å²) in [5.41, 5.74) is 3.25. The first kappa shape index (κ1) is 24.3. The molecule has 0 spiro atoms. The molecule has 3 aromatic carbocycles. The minimum atomic E-state index is -3.45. The molecule has 0 atom stereocenters. The van der Waals surface area contributed by atoms with Gasteiger partial charge in [0.05, 0.1) is 11.9 Å². The lowest BCUT2D eigenvalue weighted by Crippen LogP contribution is -2.12. The van der Waals surface area contributed by atoms with Gasteiger partial charge in [-0.15, -0.1) is 0 Å². The van der Waals surface area contributed by atoms with Crippen LogP contribution in [-0.4, -0.2) is 25.6 Å². The van der Waals surface area contributed by atoms with Crippen LogP contribution in [0.15, 0.2) is 60.7 Å². The smallest absolute Gasteiger partial charge is 0.272 e. The Bertz CT molecular complexity index is 1520. The van der Waals surface area contributed by atoms with E-state index in [1.807, 2.05) is 0 Å². The fourth-order valence-corrected chi connectivity index (χ4v) is 4.40. The first-order valence-corrected chi connectivity index (χ1v) is 12.4. The van der Waals surface area contributed by atoms with Crippen LogP contribution in [0.3, 0.4) is 0 Å². The number of nitrogens with one attached hydrogen (secondary N) is 3. The third-order valence-corrected chi connectivity index (χ3v) is 5.96. The molecule has 0 saturated heterocycles. The highest BCUT2D eigenvalue weighted by molar-refractivity contribution is 7.92. The summed E-state index contributed by atoms with van der Waals surface area (Å²) in [6.07, 6.45) is 1.04. The highest BCUT2D eigenvalue weighted by Gasteiger charge is 2.14. The molecule has 1 heterocycles. The Kier molecular flexibility index (Phi) is 6.83. The molecule has 182 valence electrons. The number of alkyl halides is 3. The number of H-pyrrole nitrogens is 1. The summed E-state index contributed by atoms with van der Waals surface area (Å²) in [4.78, 5) is 15.8. The van der Waals surface area contributed by atoms with Crippen molar-refractivity contribution in [1.29, 1.82) is 0 Å². The minimum Gasteiger partial charge on any atom is -0.350 e. The molecule has 0 aliphatic heterocycles. The molecule has 1 amide bonds. The Morgan fingerprint density at radius 3 is 2.31 bits per heavy atom. The Morgan fingerprint density at radius 1 is 0.857 bits per heavy atom. The maximum atomic E-state index is 13.6. The molecule has 0 aliphatic rings. The van der Waals surface area contributed by atoms with Crippen LogP contribution in [0.25, 0.3) is 22.0 Å². The summed E-state index contributed by atoms with van der Waals surface area (Å²) in [5.74, 6) is -0.501.